The Morgan fingerprint density at radius 2 is 0.950 bits per heavy atom. The summed E-state index contributed by atoms with van der Waals surface area (Å²) in [7, 11) is 2.12. The zero-order valence-electron chi connectivity index (χ0n) is 22.8. The number of para-hydroxylation sites is 2. The maximum atomic E-state index is 2.37. The van der Waals surface area contributed by atoms with Crippen LogP contribution in [-0.2, 0) is 0 Å². The number of hydrogen-bond acceptors (Lipinski definition) is 1. The third-order valence-corrected chi connectivity index (χ3v) is 7.88. The highest BCUT2D eigenvalue weighted by atomic mass is 15.1. The molecule has 0 spiro atoms. The van der Waals surface area contributed by atoms with Crippen LogP contribution in [0.15, 0.2) is 146 Å². The van der Waals surface area contributed by atoms with Crippen molar-refractivity contribution >= 4 is 33.2 Å². The molecule has 0 amide bonds. The van der Waals surface area contributed by atoms with E-state index in [2.05, 4.69) is 169 Å². The highest BCUT2D eigenvalue weighted by Gasteiger charge is 2.12. The van der Waals surface area contributed by atoms with Crippen LogP contribution in [0.25, 0.3) is 49.7 Å². The molecule has 6 aromatic carbocycles. The lowest BCUT2D eigenvalue weighted by Crippen LogP contribution is -2.08. The van der Waals surface area contributed by atoms with E-state index in [1.807, 2.05) is 0 Å². The van der Waals surface area contributed by atoms with Crippen molar-refractivity contribution in [2.75, 3.05) is 11.9 Å². The molecule has 0 atom stereocenters. The second kappa shape index (κ2) is 9.91. The first-order valence-electron chi connectivity index (χ1n) is 13.8. The predicted octanol–water partition coefficient (Wildman–Crippen LogP) is 10.2. The Bertz CT molecular complexity index is 1910. The van der Waals surface area contributed by atoms with Gasteiger partial charge in [-0.25, -0.2) is 0 Å². The molecule has 1 aromatic heterocycles. The number of aryl methyl sites for hydroxylation is 1. The lowest BCUT2D eigenvalue weighted by atomic mass is 10.0. The van der Waals surface area contributed by atoms with E-state index in [1.54, 1.807) is 0 Å². The molecular weight excluding hydrogens is 484 g/mol. The zero-order valence-corrected chi connectivity index (χ0v) is 22.8. The summed E-state index contributed by atoms with van der Waals surface area (Å²) in [5, 5.41) is 2.56. The maximum Gasteiger partial charge on any atom is 0.0541 e. The minimum absolute atomic E-state index is 1.16. The summed E-state index contributed by atoms with van der Waals surface area (Å²) in [5.74, 6) is 0. The van der Waals surface area contributed by atoms with E-state index in [0.29, 0.717) is 0 Å². The van der Waals surface area contributed by atoms with E-state index in [0.717, 1.165) is 11.4 Å². The number of hydrogen-bond donors (Lipinski definition) is 0. The maximum absolute atomic E-state index is 2.37. The SMILES string of the molecule is Cc1cccc(-c2ccc(N(C)c3ccc(-c4cccc(-n5c6ccccc6c6ccccc65)c4)cc3)cc2)c1. The summed E-state index contributed by atoms with van der Waals surface area (Å²) in [6, 6.07) is 52.5. The molecular formula is C38H30N2. The Hall–Kier alpha value is -5.08. The van der Waals surface area contributed by atoms with Crippen molar-refractivity contribution in [2.24, 2.45) is 0 Å². The molecule has 0 saturated carbocycles. The van der Waals surface area contributed by atoms with Crippen molar-refractivity contribution < 1.29 is 0 Å². The van der Waals surface area contributed by atoms with Gasteiger partial charge in [0.2, 0.25) is 0 Å². The Morgan fingerprint density at radius 3 is 1.50 bits per heavy atom. The fraction of sp³-hybridized carbons (Fsp3) is 0.0526. The smallest absolute Gasteiger partial charge is 0.0541 e. The van der Waals surface area contributed by atoms with Gasteiger partial charge in [-0.2, -0.15) is 0 Å². The highest BCUT2D eigenvalue weighted by Crippen LogP contribution is 2.34. The average molecular weight is 515 g/mol. The first-order valence-corrected chi connectivity index (χ1v) is 13.8. The second-order valence-corrected chi connectivity index (χ2v) is 10.4. The lowest BCUT2D eigenvalue weighted by molar-refractivity contribution is 1.18. The van der Waals surface area contributed by atoms with Gasteiger partial charge in [0, 0.05) is 34.9 Å². The minimum Gasteiger partial charge on any atom is -0.345 e. The standard InChI is InChI=1S/C38H30N2/c1-27-9-7-10-30(25-27)28-17-21-32(22-18-28)39(2)33-23-19-29(20-24-33)31-11-8-12-34(26-31)40-37-15-5-3-13-35(37)36-14-4-6-16-38(36)40/h3-26H,1-2H3. The van der Waals surface area contributed by atoms with Gasteiger partial charge in [0.05, 0.1) is 11.0 Å². The molecule has 0 saturated heterocycles. The Morgan fingerprint density at radius 1 is 0.450 bits per heavy atom. The van der Waals surface area contributed by atoms with Crippen LogP contribution in [0.4, 0.5) is 11.4 Å². The molecule has 0 aliphatic rings. The molecule has 2 heteroatoms. The summed E-state index contributed by atoms with van der Waals surface area (Å²) in [6.45, 7) is 2.13. The van der Waals surface area contributed by atoms with E-state index < -0.39 is 0 Å². The number of nitrogens with zero attached hydrogens (tertiary/aromatic N) is 2. The monoisotopic (exact) mass is 514 g/mol. The third-order valence-electron chi connectivity index (χ3n) is 7.88. The summed E-state index contributed by atoms with van der Waals surface area (Å²) >= 11 is 0. The fourth-order valence-corrected chi connectivity index (χ4v) is 5.75. The molecule has 0 radical (unpaired) electrons. The predicted molar refractivity (Wildman–Crippen MR) is 171 cm³/mol. The average Bonchev–Trinajstić information content (AvgIpc) is 3.35. The van der Waals surface area contributed by atoms with Gasteiger partial charge in [-0.3, -0.25) is 0 Å². The van der Waals surface area contributed by atoms with Crippen LogP contribution in [0.5, 0.6) is 0 Å². The van der Waals surface area contributed by atoms with E-state index in [9.17, 15) is 0 Å². The molecule has 192 valence electrons. The van der Waals surface area contributed by atoms with Gasteiger partial charge in [-0.15, -0.1) is 0 Å². The Labute approximate surface area is 235 Å². The molecule has 7 aromatic rings. The van der Waals surface area contributed by atoms with Crippen molar-refractivity contribution in [3.05, 3.63) is 151 Å². The molecule has 1 heterocycles. The molecule has 0 N–H and O–H groups in total. The molecule has 0 fully saturated rings. The van der Waals surface area contributed by atoms with Gasteiger partial charge in [0.15, 0.2) is 0 Å². The van der Waals surface area contributed by atoms with E-state index in [-0.39, 0.29) is 0 Å². The molecule has 2 nitrogen and oxygen atoms in total. The van der Waals surface area contributed by atoms with Gasteiger partial charge in [-0.05, 0) is 77.7 Å². The van der Waals surface area contributed by atoms with Crippen LogP contribution in [0.1, 0.15) is 5.56 Å². The van der Waals surface area contributed by atoms with Crippen molar-refractivity contribution in [1.29, 1.82) is 0 Å². The second-order valence-electron chi connectivity index (χ2n) is 10.4. The molecule has 0 unspecified atom stereocenters. The minimum atomic E-state index is 1.16. The van der Waals surface area contributed by atoms with E-state index >= 15 is 0 Å². The molecule has 0 bridgehead atoms. The van der Waals surface area contributed by atoms with Crippen LogP contribution in [0.3, 0.4) is 0 Å². The summed E-state index contributed by atoms with van der Waals surface area (Å²) < 4.78 is 2.37. The zero-order chi connectivity index (χ0) is 27.1. The van der Waals surface area contributed by atoms with Crippen LogP contribution in [0.2, 0.25) is 0 Å². The number of benzene rings is 6. The van der Waals surface area contributed by atoms with Gasteiger partial charge in [-0.1, -0.05) is 103 Å². The highest BCUT2D eigenvalue weighted by molar-refractivity contribution is 6.09. The Kier molecular flexibility index (Phi) is 5.94. The molecule has 40 heavy (non-hydrogen) atoms. The van der Waals surface area contributed by atoms with Gasteiger partial charge in [0.25, 0.3) is 0 Å². The van der Waals surface area contributed by atoms with Crippen LogP contribution in [0, 0.1) is 6.92 Å². The third kappa shape index (κ3) is 4.24. The number of rotatable bonds is 5. The fourth-order valence-electron chi connectivity index (χ4n) is 5.75. The van der Waals surface area contributed by atoms with Crippen LogP contribution in [-0.4, -0.2) is 11.6 Å². The van der Waals surface area contributed by atoms with E-state index in [1.165, 1.54) is 55.3 Å². The Balaban J connectivity index is 1.18. The van der Waals surface area contributed by atoms with Crippen LogP contribution < -0.4 is 4.90 Å². The van der Waals surface area contributed by atoms with Crippen molar-refractivity contribution in [2.45, 2.75) is 6.92 Å². The van der Waals surface area contributed by atoms with Gasteiger partial charge in [0.1, 0.15) is 0 Å². The van der Waals surface area contributed by atoms with Gasteiger partial charge >= 0.3 is 0 Å². The van der Waals surface area contributed by atoms with E-state index in [4.69, 9.17) is 0 Å². The number of aromatic nitrogens is 1. The van der Waals surface area contributed by atoms with Crippen molar-refractivity contribution in [3.63, 3.8) is 0 Å². The first-order chi connectivity index (χ1) is 19.7. The first kappa shape index (κ1) is 24.0. The van der Waals surface area contributed by atoms with Gasteiger partial charge < -0.3 is 9.47 Å². The largest absolute Gasteiger partial charge is 0.345 e. The molecule has 0 aliphatic carbocycles. The normalized spacial score (nSPS) is 11.2. The number of fused-ring (bicyclic) bond motifs is 3. The lowest BCUT2D eigenvalue weighted by Gasteiger charge is -2.20. The quantitative estimate of drug-likeness (QED) is 0.222. The molecule has 7 rings (SSSR count). The van der Waals surface area contributed by atoms with Crippen LogP contribution >= 0.6 is 0 Å². The van der Waals surface area contributed by atoms with Crippen molar-refractivity contribution in [3.8, 4) is 27.9 Å². The summed E-state index contributed by atoms with van der Waals surface area (Å²) in [5.41, 5.74) is 12.1. The molecule has 0 aliphatic heterocycles. The number of anilines is 2. The van der Waals surface area contributed by atoms with Crippen molar-refractivity contribution in [1.82, 2.24) is 4.57 Å². The summed E-state index contributed by atoms with van der Waals surface area (Å²) in [4.78, 5) is 2.23. The summed E-state index contributed by atoms with van der Waals surface area (Å²) in [6.07, 6.45) is 0. The topological polar surface area (TPSA) is 8.17 Å².